The van der Waals surface area contributed by atoms with Gasteiger partial charge in [0.05, 0.1) is 0 Å². The minimum Gasteiger partial charge on any atom is -0.454 e. The number of benzene rings is 1. The lowest BCUT2D eigenvalue weighted by molar-refractivity contribution is -0.131. The van der Waals surface area contributed by atoms with Crippen LogP contribution in [0.4, 0.5) is 0 Å². The molecule has 1 aromatic carbocycles. The van der Waals surface area contributed by atoms with Crippen molar-refractivity contribution in [3.05, 3.63) is 17.7 Å². The summed E-state index contributed by atoms with van der Waals surface area (Å²) in [6.45, 7) is 5.67. The van der Waals surface area contributed by atoms with Gasteiger partial charge in [-0.3, -0.25) is 4.79 Å². The van der Waals surface area contributed by atoms with Crippen molar-refractivity contribution in [2.45, 2.75) is 26.7 Å². The molecule has 1 aliphatic rings. The number of ether oxygens (including phenoxy) is 3. The first kappa shape index (κ1) is 10.8. The van der Waals surface area contributed by atoms with Gasteiger partial charge in [0.15, 0.2) is 11.5 Å². The van der Waals surface area contributed by atoms with Crippen molar-refractivity contribution in [1.29, 1.82) is 0 Å². The van der Waals surface area contributed by atoms with E-state index in [1.807, 2.05) is 19.9 Å². The molecule has 0 saturated heterocycles. The summed E-state index contributed by atoms with van der Waals surface area (Å²) in [5, 5.41) is 0. The van der Waals surface area contributed by atoms with Crippen LogP contribution in [0.15, 0.2) is 12.1 Å². The molecule has 0 bridgehead atoms. The Labute approximate surface area is 94.1 Å². The van der Waals surface area contributed by atoms with Gasteiger partial charge in [0, 0.05) is 18.6 Å². The number of carbonyl (C=O) groups excluding carboxylic acids is 1. The van der Waals surface area contributed by atoms with Crippen LogP contribution < -0.4 is 14.2 Å². The smallest absolute Gasteiger partial charge is 0.308 e. The highest BCUT2D eigenvalue weighted by atomic mass is 16.7. The highest BCUT2D eigenvalue weighted by Gasteiger charge is 2.20. The molecule has 0 atom stereocenters. The second-order valence-electron chi connectivity index (χ2n) is 3.99. The van der Waals surface area contributed by atoms with Crippen LogP contribution in [0.5, 0.6) is 17.2 Å². The molecule has 4 heteroatoms. The second kappa shape index (κ2) is 4.04. The van der Waals surface area contributed by atoms with Crippen molar-refractivity contribution >= 4 is 5.97 Å². The Balaban J connectivity index is 2.44. The van der Waals surface area contributed by atoms with Crippen molar-refractivity contribution in [2.24, 2.45) is 0 Å². The molecule has 1 heterocycles. The molecular weight excluding hydrogens is 208 g/mol. The third-order valence-corrected chi connectivity index (χ3v) is 2.38. The van der Waals surface area contributed by atoms with Crippen LogP contribution in [0, 0.1) is 0 Å². The van der Waals surface area contributed by atoms with Gasteiger partial charge in [0.1, 0.15) is 5.75 Å². The minimum atomic E-state index is -0.333. The number of rotatable bonds is 2. The van der Waals surface area contributed by atoms with Crippen LogP contribution >= 0.6 is 0 Å². The van der Waals surface area contributed by atoms with Gasteiger partial charge in [-0.15, -0.1) is 0 Å². The Kier molecular flexibility index (Phi) is 2.73. The van der Waals surface area contributed by atoms with E-state index < -0.39 is 0 Å². The van der Waals surface area contributed by atoms with E-state index in [9.17, 15) is 4.79 Å². The summed E-state index contributed by atoms with van der Waals surface area (Å²) in [7, 11) is 0. The molecule has 86 valence electrons. The molecule has 2 rings (SSSR count). The van der Waals surface area contributed by atoms with Gasteiger partial charge in [0.25, 0.3) is 0 Å². The van der Waals surface area contributed by atoms with E-state index in [0.29, 0.717) is 17.2 Å². The Bertz CT molecular complexity index is 423. The van der Waals surface area contributed by atoms with Crippen molar-refractivity contribution in [1.82, 2.24) is 0 Å². The van der Waals surface area contributed by atoms with Gasteiger partial charge < -0.3 is 14.2 Å². The Morgan fingerprint density at radius 2 is 1.94 bits per heavy atom. The first-order valence-electron chi connectivity index (χ1n) is 5.20. The lowest BCUT2D eigenvalue weighted by Crippen LogP contribution is -2.04. The van der Waals surface area contributed by atoms with E-state index in [0.717, 1.165) is 5.56 Å². The summed E-state index contributed by atoms with van der Waals surface area (Å²) in [4.78, 5) is 11.0. The summed E-state index contributed by atoms with van der Waals surface area (Å²) in [6.07, 6.45) is 0. The molecule has 0 spiro atoms. The van der Waals surface area contributed by atoms with Gasteiger partial charge >= 0.3 is 5.97 Å². The predicted molar refractivity (Wildman–Crippen MR) is 58.0 cm³/mol. The number of esters is 1. The molecule has 0 unspecified atom stereocenters. The highest BCUT2D eigenvalue weighted by Crippen LogP contribution is 2.40. The number of fused-ring (bicyclic) bond motifs is 1. The molecule has 0 amide bonds. The van der Waals surface area contributed by atoms with Crippen molar-refractivity contribution in [3.8, 4) is 17.2 Å². The molecule has 0 fully saturated rings. The summed E-state index contributed by atoms with van der Waals surface area (Å²) >= 11 is 0. The Morgan fingerprint density at radius 3 is 2.50 bits per heavy atom. The first-order chi connectivity index (χ1) is 7.58. The fraction of sp³-hybridized carbons (Fsp3) is 0.417. The van der Waals surface area contributed by atoms with Crippen molar-refractivity contribution < 1.29 is 19.0 Å². The second-order valence-corrected chi connectivity index (χ2v) is 3.99. The monoisotopic (exact) mass is 222 g/mol. The number of hydrogen-bond donors (Lipinski definition) is 0. The van der Waals surface area contributed by atoms with E-state index in [-0.39, 0.29) is 18.7 Å². The summed E-state index contributed by atoms with van der Waals surface area (Å²) < 4.78 is 15.7. The van der Waals surface area contributed by atoms with Crippen LogP contribution in [0.3, 0.4) is 0 Å². The van der Waals surface area contributed by atoms with Crippen LogP contribution in [0.1, 0.15) is 32.3 Å². The fourth-order valence-electron chi connectivity index (χ4n) is 1.63. The first-order valence-corrected chi connectivity index (χ1v) is 5.20. The molecule has 16 heavy (non-hydrogen) atoms. The molecule has 0 aliphatic carbocycles. The van der Waals surface area contributed by atoms with Crippen LogP contribution in [-0.4, -0.2) is 12.8 Å². The van der Waals surface area contributed by atoms with Gasteiger partial charge in [0.2, 0.25) is 6.79 Å². The maximum atomic E-state index is 11.0. The maximum Gasteiger partial charge on any atom is 0.308 e. The molecule has 1 aliphatic heterocycles. The molecule has 0 saturated carbocycles. The molecule has 1 aromatic rings. The van der Waals surface area contributed by atoms with Gasteiger partial charge in [-0.25, -0.2) is 0 Å². The van der Waals surface area contributed by atoms with Crippen LogP contribution in [0.25, 0.3) is 0 Å². The van der Waals surface area contributed by atoms with Gasteiger partial charge in [-0.1, -0.05) is 13.8 Å². The van der Waals surface area contributed by atoms with Gasteiger partial charge in [-0.05, 0) is 12.0 Å². The van der Waals surface area contributed by atoms with Crippen molar-refractivity contribution in [3.63, 3.8) is 0 Å². The normalized spacial score (nSPS) is 13.0. The predicted octanol–water partition coefficient (Wildman–Crippen LogP) is 2.46. The summed E-state index contributed by atoms with van der Waals surface area (Å²) in [6, 6.07) is 3.57. The SMILES string of the molecule is CC(=O)Oc1cc2c(cc1C(C)C)OCO2. The Morgan fingerprint density at radius 1 is 1.31 bits per heavy atom. The molecule has 0 radical (unpaired) electrons. The zero-order valence-electron chi connectivity index (χ0n) is 9.57. The van der Waals surface area contributed by atoms with Crippen molar-refractivity contribution in [2.75, 3.05) is 6.79 Å². The fourth-order valence-corrected chi connectivity index (χ4v) is 1.63. The van der Waals surface area contributed by atoms with E-state index in [4.69, 9.17) is 14.2 Å². The lowest BCUT2D eigenvalue weighted by Gasteiger charge is -2.12. The van der Waals surface area contributed by atoms with E-state index in [2.05, 4.69) is 0 Å². The standard InChI is InChI=1S/C12H14O4/c1-7(2)9-4-11-12(15-6-14-11)5-10(9)16-8(3)13/h4-5,7H,6H2,1-3H3. The van der Waals surface area contributed by atoms with E-state index in [1.54, 1.807) is 6.07 Å². The zero-order valence-corrected chi connectivity index (χ0v) is 9.57. The maximum absolute atomic E-state index is 11.0. The Hall–Kier alpha value is -1.71. The highest BCUT2D eigenvalue weighted by molar-refractivity contribution is 5.70. The lowest BCUT2D eigenvalue weighted by atomic mass is 10.0. The quantitative estimate of drug-likeness (QED) is 0.569. The summed E-state index contributed by atoms with van der Waals surface area (Å²) in [5.74, 6) is 1.80. The molecule has 0 N–H and O–H groups in total. The average molecular weight is 222 g/mol. The average Bonchev–Trinajstić information content (AvgIpc) is 2.62. The molecular formula is C12H14O4. The van der Waals surface area contributed by atoms with Crippen LogP contribution in [-0.2, 0) is 4.79 Å². The van der Waals surface area contributed by atoms with E-state index in [1.165, 1.54) is 6.92 Å². The summed E-state index contributed by atoms with van der Waals surface area (Å²) in [5.41, 5.74) is 0.944. The third-order valence-electron chi connectivity index (χ3n) is 2.38. The third kappa shape index (κ3) is 1.96. The topological polar surface area (TPSA) is 44.8 Å². The molecule has 4 nitrogen and oxygen atoms in total. The zero-order chi connectivity index (χ0) is 11.7. The van der Waals surface area contributed by atoms with E-state index >= 15 is 0 Å². The largest absolute Gasteiger partial charge is 0.454 e. The van der Waals surface area contributed by atoms with Gasteiger partial charge in [-0.2, -0.15) is 0 Å². The molecule has 0 aromatic heterocycles. The number of carbonyl (C=O) groups is 1. The van der Waals surface area contributed by atoms with Crippen LogP contribution in [0.2, 0.25) is 0 Å². The number of hydrogen-bond acceptors (Lipinski definition) is 4. The minimum absolute atomic E-state index is 0.219.